The lowest BCUT2D eigenvalue weighted by molar-refractivity contribution is -0.159. The highest BCUT2D eigenvalue weighted by Gasteiger charge is 2.35. The van der Waals surface area contributed by atoms with Crippen LogP contribution in [0.3, 0.4) is 0 Å². The summed E-state index contributed by atoms with van der Waals surface area (Å²) in [5, 5.41) is 18.0. The van der Waals surface area contributed by atoms with Gasteiger partial charge in [-0.1, -0.05) is 12.1 Å². The molecule has 1 amide bonds. The molecule has 10 nitrogen and oxygen atoms in total. The average Bonchev–Trinajstić information content (AvgIpc) is 3.26. The fraction of sp³-hybridized carbons (Fsp3) is 0.320. The van der Waals surface area contributed by atoms with Crippen LogP contribution in [0.4, 0.5) is 5.69 Å². The van der Waals surface area contributed by atoms with E-state index in [0.29, 0.717) is 6.54 Å². The maximum atomic E-state index is 13.2. The number of carbonyl (C=O) groups excluding carboxylic acids is 1. The van der Waals surface area contributed by atoms with E-state index in [1.807, 2.05) is 41.3 Å². The summed E-state index contributed by atoms with van der Waals surface area (Å²) >= 11 is 0. The van der Waals surface area contributed by atoms with E-state index in [1.165, 1.54) is 0 Å². The number of anilines is 1. The molecule has 0 fully saturated rings. The van der Waals surface area contributed by atoms with Gasteiger partial charge in [0.1, 0.15) is 5.75 Å². The van der Waals surface area contributed by atoms with Crippen molar-refractivity contribution in [2.45, 2.75) is 32.9 Å². The van der Waals surface area contributed by atoms with Crippen molar-refractivity contribution in [3.63, 3.8) is 0 Å². The Balaban J connectivity index is 0.000000509. The van der Waals surface area contributed by atoms with Crippen LogP contribution < -0.4 is 24.4 Å². The average molecular weight is 485 g/mol. The number of carboxylic acid groups (broad SMARTS) is 2. The number of fused-ring (bicyclic) bond motifs is 2. The fourth-order valence-corrected chi connectivity index (χ4v) is 4.04. The Morgan fingerprint density at radius 3 is 2.40 bits per heavy atom. The molecule has 2 heterocycles. The van der Waals surface area contributed by atoms with E-state index < -0.39 is 17.5 Å². The Bertz CT molecular complexity index is 1160. The standard InChI is InChI=1S/C23H26N2O4.C2H2O4/c1-15-11-23(2,3)25(19-7-6-17(27-4)10-18(15)19)22(26)13-24-12-16-5-8-20-21(9-16)29-14-28-20;3-1(4)2(5)6/h5-11,24H,12-14H2,1-4H3;(H,3,4)(H,5,6). The van der Waals surface area contributed by atoms with Crippen LogP contribution >= 0.6 is 0 Å². The van der Waals surface area contributed by atoms with E-state index in [2.05, 4.69) is 32.2 Å². The third kappa shape index (κ3) is 5.90. The van der Waals surface area contributed by atoms with Gasteiger partial charge in [-0.2, -0.15) is 0 Å². The van der Waals surface area contributed by atoms with Gasteiger partial charge in [0.15, 0.2) is 11.5 Å². The third-order valence-electron chi connectivity index (χ3n) is 5.49. The molecule has 0 aromatic heterocycles. The normalized spacial score (nSPS) is 14.7. The number of carbonyl (C=O) groups is 3. The molecule has 2 aliphatic heterocycles. The summed E-state index contributed by atoms with van der Waals surface area (Å²) in [6.45, 7) is 7.24. The molecule has 10 heteroatoms. The first kappa shape index (κ1) is 25.6. The summed E-state index contributed by atoms with van der Waals surface area (Å²) in [7, 11) is 1.65. The second-order valence-corrected chi connectivity index (χ2v) is 8.49. The molecule has 0 saturated heterocycles. The number of ether oxygens (including phenoxy) is 3. The van der Waals surface area contributed by atoms with Crippen LogP contribution in [-0.2, 0) is 20.9 Å². The van der Waals surface area contributed by atoms with Crippen molar-refractivity contribution in [3.8, 4) is 17.2 Å². The summed E-state index contributed by atoms with van der Waals surface area (Å²) in [6.07, 6.45) is 2.13. The van der Waals surface area contributed by atoms with Gasteiger partial charge in [-0.3, -0.25) is 4.79 Å². The highest BCUT2D eigenvalue weighted by atomic mass is 16.7. The fourth-order valence-electron chi connectivity index (χ4n) is 4.04. The highest BCUT2D eigenvalue weighted by molar-refractivity contribution is 6.27. The molecule has 0 unspecified atom stereocenters. The lowest BCUT2D eigenvalue weighted by Gasteiger charge is -2.41. The Labute approximate surface area is 202 Å². The number of benzene rings is 2. The summed E-state index contributed by atoms with van der Waals surface area (Å²) < 4.78 is 16.1. The van der Waals surface area contributed by atoms with Crippen molar-refractivity contribution in [3.05, 3.63) is 53.6 Å². The predicted molar refractivity (Wildman–Crippen MR) is 128 cm³/mol. The van der Waals surface area contributed by atoms with E-state index in [4.69, 9.17) is 34.0 Å². The van der Waals surface area contributed by atoms with E-state index in [1.54, 1.807) is 7.11 Å². The van der Waals surface area contributed by atoms with Crippen LogP contribution in [0.2, 0.25) is 0 Å². The van der Waals surface area contributed by atoms with Crippen LogP contribution in [0.1, 0.15) is 31.9 Å². The van der Waals surface area contributed by atoms with Gasteiger partial charge in [0.2, 0.25) is 12.7 Å². The Hall–Kier alpha value is -4.05. The molecule has 0 spiro atoms. The Morgan fingerprint density at radius 2 is 1.74 bits per heavy atom. The molecular formula is C25H28N2O8. The summed E-state index contributed by atoms with van der Waals surface area (Å²) in [5.41, 5.74) is 3.70. The van der Waals surface area contributed by atoms with Gasteiger partial charge in [0.05, 0.1) is 24.9 Å². The van der Waals surface area contributed by atoms with Crippen molar-refractivity contribution in [2.75, 3.05) is 25.3 Å². The van der Waals surface area contributed by atoms with Gasteiger partial charge in [-0.25, -0.2) is 9.59 Å². The first-order valence-corrected chi connectivity index (χ1v) is 10.8. The van der Waals surface area contributed by atoms with Crippen molar-refractivity contribution in [1.29, 1.82) is 0 Å². The molecule has 35 heavy (non-hydrogen) atoms. The number of aliphatic carboxylic acids is 2. The Morgan fingerprint density at radius 1 is 1.06 bits per heavy atom. The van der Waals surface area contributed by atoms with Crippen LogP contribution in [0.15, 0.2) is 42.5 Å². The van der Waals surface area contributed by atoms with Gasteiger partial charge < -0.3 is 34.6 Å². The van der Waals surface area contributed by atoms with Gasteiger partial charge in [0, 0.05) is 12.1 Å². The summed E-state index contributed by atoms with van der Waals surface area (Å²) in [6, 6.07) is 11.7. The molecule has 2 aliphatic rings. The second kappa shape index (κ2) is 10.5. The minimum Gasteiger partial charge on any atom is -0.497 e. The van der Waals surface area contributed by atoms with E-state index in [0.717, 1.165) is 39.6 Å². The smallest absolute Gasteiger partial charge is 0.414 e. The largest absolute Gasteiger partial charge is 0.497 e. The summed E-state index contributed by atoms with van der Waals surface area (Å²) in [5.74, 6) is -1.34. The predicted octanol–water partition coefficient (Wildman–Crippen LogP) is 2.90. The molecule has 4 rings (SSSR count). The Kier molecular flexibility index (Phi) is 7.65. The SMILES string of the molecule is COc1ccc2c(c1)C(C)=CC(C)(C)N2C(=O)CNCc1ccc2c(c1)OCO2.O=C(O)C(=O)O. The first-order valence-electron chi connectivity index (χ1n) is 10.8. The number of carboxylic acids is 2. The van der Waals surface area contributed by atoms with E-state index in [-0.39, 0.29) is 19.2 Å². The van der Waals surface area contributed by atoms with Crippen molar-refractivity contribution in [2.24, 2.45) is 0 Å². The van der Waals surface area contributed by atoms with Gasteiger partial charge in [-0.15, -0.1) is 0 Å². The zero-order valence-electron chi connectivity index (χ0n) is 20.0. The number of nitrogens with zero attached hydrogens (tertiary/aromatic N) is 1. The topological polar surface area (TPSA) is 135 Å². The molecule has 0 bridgehead atoms. The molecule has 0 radical (unpaired) electrons. The maximum Gasteiger partial charge on any atom is 0.414 e. The number of hydrogen-bond acceptors (Lipinski definition) is 7. The quantitative estimate of drug-likeness (QED) is 0.548. The molecule has 0 aliphatic carbocycles. The third-order valence-corrected chi connectivity index (χ3v) is 5.49. The molecule has 186 valence electrons. The number of nitrogens with one attached hydrogen (secondary N) is 1. The highest BCUT2D eigenvalue weighted by Crippen LogP contribution is 2.40. The number of rotatable bonds is 5. The minimum atomic E-state index is -1.82. The maximum absolute atomic E-state index is 13.2. The van der Waals surface area contributed by atoms with E-state index in [9.17, 15) is 4.79 Å². The minimum absolute atomic E-state index is 0.0194. The first-order chi connectivity index (χ1) is 16.5. The van der Waals surface area contributed by atoms with Crippen LogP contribution in [0, 0.1) is 0 Å². The molecule has 0 atom stereocenters. The zero-order valence-corrected chi connectivity index (χ0v) is 20.0. The van der Waals surface area contributed by atoms with Gasteiger partial charge in [0.25, 0.3) is 0 Å². The monoisotopic (exact) mass is 484 g/mol. The number of hydrogen-bond donors (Lipinski definition) is 3. The molecular weight excluding hydrogens is 456 g/mol. The number of allylic oxidation sites excluding steroid dienone is 1. The van der Waals surface area contributed by atoms with Crippen molar-refractivity contribution in [1.82, 2.24) is 5.32 Å². The molecule has 0 saturated carbocycles. The van der Waals surface area contributed by atoms with Crippen LogP contribution in [0.5, 0.6) is 17.2 Å². The van der Waals surface area contributed by atoms with Crippen LogP contribution in [0.25, 0.3) is 5.57 Å². The number of methoxy groups -OCH3 is 1. The lowest BCUT2D eigenvalue weighted by Crippen LogP contribution is -2.51. The summed E-state index contributed by atoms with van der Waals surface area (Å²) in [4.78, 5) is 33.2. The lowest BCUT2D eigenvalue weighted by atomic mass is 9.88. The van der Waals surface area contributed by atoms with E-state index >= 15 is 0 Å². The van der Waals surface area contributed by atoms with Crippen molar-refractivity contribution < 1.29 is 38.8 Å². The van der Waals surface area contributed by atoms with Gasteiger partial charge in [-0.05, 0) is 62.2 Å². The number of amides is 1. The van der Waals surface area contributed by atoms with Crippen molar-refractivity contribution >= 4 is 29.1 Å². The molecule has 3 N–H and O–H groups in total. The molecule has 2 aromatic rings. The second-order valence-electron chi connectivity index (χ2n) is 8.49. The van der Waals surface area contributed by atoms with Crippen LogP contribution in [-0.4, -0.2) is 54.0 Å². The zero-order chi connectivity index (χ0) is 25.8. The van der Waals surface area contributed by atoms with Gasteiger partial charge >= 0.3 is 11.9 Å². The molecule has 2 aromatic carbocycles.